The van der Waals surface area contributed by atoms with E-state index in [0.29, 0.717) is 33.7 Å². The molecule has 6 heteroatoms. The van der Waals surface area contributed by atoms with Crippen LogP contribution in [0.15, 0.2) is 84.9 Å². The molecule has 170 valence electrons. The fourth-order valence-corrected chi connectivity index (χ4v) is 3.51. The van der Waals surface area contributed by atoms with Gasteiger partial charge in [-0.05, 0) is 72.8 Å². The topological polar surface area (TPSA) is 57.7 Å². The van der Waals surface area contributed by atoms with Gasteiger partial charge in [-0.3, -0.25) is 4.79 Å². The first-order valence-corrected chi connectivity index (χ1v) is 10.9. The lowest BCUT2D eigenvalue weighted by atomic mass is 10.1. The van der Waals surface area contributed by atoms with Gasteiger partial charge in [0.25, 0.3) is 0 Å². The predicted molar refractivity (Wildman–Crippen MR) is 136 cm³/mol. The number of fused-ring (bicyclic) bond motifs is 1. The predicted octanol–water partition coefficient (Wildman–Crippen LogP) is 6.99. The Morgan fingerprint density at radius 2 is 1.62 bits per heavy atom. The molecule has 0 spiro atoms. The van der Waals surface area contributed by atoms with Gasteiger partial charge in [-0.1, -0.05) is 35.9 Å². The highest BCUT2D eigenvalue weighted by atomic mass is 35.5. The van der Waals surface area contributed by atoms with E-state index >= 15 is 0 Å². The zero-order chi connectivity index (χ0) is 23.9. The number of carbonyl (C=O) groups is 1. The molecule has 0 saturated heterocycles. The van der Waals surface area contributed by atoms with Crippen molar-refractivity contribution in [2.75, 3.05) is 14.2 Å². The van der Waals surface area contributed by atoms with Crippen molar-refractivity contribution in [2.45, 2.75) is 0 Å². The first-order chi connectivity index (χ1) is 16.6. The molecule has 0 amide bonds. The maximum atomic E-state index is 12.6. The van der Waals surface area contributed by atoms with Crippen molar-refractivity contribution in [2.24, 2.45) is 0 Å². The smallest absolute Gasteiger partial charge is 0.227 e. The number of halogens is 1. The molecule has 0 aliphatic heterocycles. The minimum absolute atomic E-state index is 0.202. The van der Waals surface area contributed by atoms with E-state index in [1.165, 1.54) is 12.2 Å². The Morgan fingerprint density at radius 3 is 2.38 bits per heavy atom. The van der Waals surface area contributed by atoms with Crippen molar-refractivity contribution < 1.29 is 19.0 Å². The van der Waals surface area contributed by atoms with E-state index in [1.54, 1.807) is 68.8 Å². The highest BCUT2D eigenvalue weighted by Gasteiger charge is 2.09. The Hall–Kier alpha value is -4.09. The number of allylic oxidation sites excluding steroid dienone is 2. The molecular formula is C28H22ClNO4. The number of benzene rings is 3. The molecule has 0 bridgehead atoms. The summed E-state index contributed by atoms with van der Waals surface area (Å²) in [4.78, 5) is 17.2. The van der Waals surface area contributed by atoms with Crippen LogP contribution in [-0.2, 0) is 4.79 Å². The van der Waals surface area contributed by atoms with E-state index < -0.39 is 0 Å². The number of hydrogen-bond acceptors (Lipinski definition) is 5. The van der Waals surface area contributed by atoms with Crippen LogP contribution in [0.2, 0.25) is 5.02 Å². The van der Waals surface area contributed by atoms with Crippen molar-refractivity contribution in [3.63, 3.8) is 0 Å². The molecule has 0 atom stereocenters. The Kier molecular flexibility index (Phi) is 7.25. The number of aromatic nitrogens is 1. The molecule has 4 aromatic rings. The minimum atomic E-state index is -0.202. The van der Waals surface area contributed by atoms with E-state index in [4.69, 9.17) is 25.8 Å². The third kappa shape index (κ3) is 5.63. The van der Waals surface area contributed by atoms with Crippen molar-refractivity contribution in [1.82, 2.24) is 4.98 Å². The van der Waals surface area contributed by atoms with Gasteiger partial charge in [-0.15, -0.1) is 0 Å². The fourth-order valence-electron chi connectivity index (χ4n) is 3.33. The van der Waals surface area contributed by atoms with Gasteiger partial charge < -0.3 is 14.2 Å². The number of nitrogens with zero attached hydrogens (tertiary/aromatic N) is 1. The average molecular weight is 472 g/mol. The van der Waals surface area contributed by atoms with E-state index in [2.05, 4.69) is 4.98 Å². The van der Waals surface area contributed by atoms with Gasteiger partial charge in [-0.2, -0.15) is 0 Å². The van der Waals surface area contributed by atoms with Gasteiger partial charge in [0, 0.05) is 21.5 Å². The Bertz CT molecular complexity index is 1390. The number of methoxy groups -OCH3 is 2. The van der Waals surface area contributed by atoms with Gasteiger partial charge in [0.05, 0.1) is 19.7 Å². The van der Waals surface area contributed by atoms with E-state index in [0.717, 1.165) is 16.5 Å². The molecule has 1 heterocycles. The van der Waals surface area contributed by atoms with Gasteiger partial charge in [0.15, 0.2) is 5.78 Å². The summed E-state index contributed by atoms with van der Waals surface area (Å²) in [5.74, 6) is 2.05. The zero-order valence-corrected chi connectivity index (χ0v) is 19.5. The molecular weight excluding hydrogens is 450 g/mol. The number of rotatable bonds is 8. The van der Waals surface area contributed by atoms with Crippen LogP contribution in [0.1, 0.15) is 11.1 Å². The summed E-state index contributed by atoms with van der Waals surface area (Å²) in [6, 6.07) is 22.1. The molecule has 3 aromatic carbocycles. The van der Waals surface area contributed by atoms with Crippen LogP contribution in [0.5, 0.6) is 23.1 Å². The quantitative estimate of drug-likeness (QED) is 0.259. The monoisotopic (exact) mass is 471 g/mol. The van der Waals surface area contributed by atoms with Crippen molar-refractivity contribution in [3.8, 4) is 23.1 Å². The van der Waals surface area contributed by atoms with Crippen LogP contribution in [0, 0.1) is 0 Å². The minimum Gasteiger partial charge on any atom is -0.497 e. The summed E-state index contributed by atoms with van der Waals surface area (Å²) < 4.78 is 16.6. The second-order valence-electron chi connectivity index (χ2n) is 7.31. The molecule has 4 rings (SSSR count). The zero-order valence-electron chi connectivity index (χ0n) is 18.7. The summed E-state index contributed by atoms with van der Waals surface area (Å²) in [6.45, 7) is 0. The first kappa shape index (κ1) is 23.1. The lowest BCUT2D eigenvalue weighted by Crippen LogP contribution is -1.94. The van der Waals surface area contributed by atoms with E-state index in [-0.39, 0.29) is 5.78 Å². The molecule has 0 radical (unpaired) electrons. The first-order valence-electron chi connectivity index (χ1n) is 10.5. The number of ketones is 1. The Balaban J connectivity index is 1.62. The summed E-state index contributed by atoms with van der Waals surface area (Å²) in [5, 5.41) is 1.49. The third-order valence-corrected chi connectivity index (χ3v) is 5.25. The average Bonchev–Trinajstić information content (AvgIpc) is 2.86. The molecule has 5 nitrogen and oxygen atoms in total. The molecule has 0 fully saturated rings. The van der Waals surface area contributed by atoms with Crippen molar-refractivity contribution in [3.05, 3.63) is 101 Å². The molecule has 0 N–H and O–H groups in total. The van der Waals surface area contributed by atoms with Gasteiger partial charge >= 0.3 is 0 Å². The lowest BCUT2D eigenvalue weighted by molar-refractivity contribution is -0.110. The summed E-state index contributed by atoms with van der Waals surface area (Å²) in [6.07, 6.45) is 6.32. The maximum Gasteiger partial charge on any atom is 0.227 e. The molecule has 1 aromatic heterocycles. The van der Waals surface area contributed by atoms with Crippen molar-refractivity contribution in [1.29, 1.82) is 0 Å². The van der Waals surface area contributed by atoms with Crippen LogP contribution in [0.4, 0.5) is 0 Å². The van der Waals surface area contributed by atoms with Crippen molar-refractivity contribution >= 4 is 40.4 Å². The third-order valence-electron chi connectivity index (χ3n) is 5.02. The number of para-hydroxylation sites is 1. The summed E-state index contributed by atoms with van der Waals surface area (Å²) in [5.41, 5.74) is 2.19. The van der Waals surface area contributed by atoms with Crippen LogP contribution in [0.3, 0.4) is 0 Å². The van der Waals surface area contributed by atoms with Crippen LogP contribution in [0.25, 0.3) is 23.1 Å². The second-order valence-corrected chi connectivity index (χ2v) is 7.75. The normalized spacial score (nSPS) is 11.3. The van der Waals surface area contributed by atoms with Crippen LogP contribution in [-0.4, -0.2) is 25.0 Å². The van der Waals surface area contributed by atoms with E-state index in [9.17, 15) is 4.79 Å². The summed E-state index contributed by atoms with van der Waals surface area (Å²) in [7, 11) is 3.17. The second kappa shape index (κ2) is 10.7. The Labute approximate surface area is 202 Å². The maximum absolute atomic E-state index is 12.6. The largest absolute Gasteiger partial charge is 0.497 e. The van der Waals surface area contributed by atoms with Gasteiger partial charge in [0.2, 0.25) is 5.88 Å². The highest BCUT2D eigenvalue weighted by molar-refractivity contribution is 6.30. The standard InChI is InChI=1S/C28H22ClNO4/c1-32-24-14-15-27(33-2)20(17-24)10-12-23(31)13-11-21-16-19-6-3-4-9-26(19)30-28(21)34-25-8-5-7-22(29)18-25/h3-18H,1-2H3/b12-10+,13-11+. The number of pyridine rings is 1. The van der Waals surface area contributed by atoms with Crippen LogP contribution >= 0.6 is 11.6 Å². The molecule has 0 unspecified atom stereocenters. The Morgan fingerprint density at radius 1 is 0.824 bits per heavy atom. The number of carbonyl (C=O) groups excluding carboxylic acids is 1. The molecule has 0 saturated carbocycles. The number of hydrogen-bond donors (Lipinski definition) is 0. The fraction of sp³-hybridized carbons (Fsp3) is 0.0714. The van der Waals surface area contributed by atoms with Crippen LogP contribution < -0.4 is 14.2 Å². The number of ether oxygens (including phenoxy) is 3. The molecule has 0 aliphatic carbocycles. The SMILES string of the molecule is COc1ccc(OC)c(/C=C/C(=O)/C=C/c2cc3ccccc3nc2Oc2cccc(Cl)c2)c1. The summed E-state index contributed by atoms with van der Waals surface area (Å²) >= 11 is 6.09. The highest BCUT2D eigenvalue weighted by Crippen LogP contribution is 2.29. The molecule has 34 heavy (non-hydrogen) atoms. The van der Waals surface area contributed by atoms with E-state index in [1.807, 2.05) is 30.3 Å². The lowest BCUT2D eigenvalue weighted by Gasteiger charge is -2.10. The van der Waals surface area contributed by atoms with Gasteiger partial charge in [-0.25, -0.2) is 4.98 Å². The van der Waals surface area contributed by atoms with Gasteiger partial charge in [0.1, 0.15) is 17.2 Å². The molecule has 0 aliphatic rings.